The molecule has 0 saturated heterocycles. The molecule has 6 heteroatoms. The van der Waals surface area contributed by atoms with E-state index in [-0.39, 0.29) is 5.91 Å². The molecule has 98 valence electrons. The average Bonchev–Trinajstić information content (AvgIpc) is 2.47. The molecular formula is C13H14N4O2. The van der Waals surface area contributed by atoms with Crippen molar-refractivity contribution in [2.24, 2.45) is 5.73 Å². The highest BCUT2D eigenvalue weighted by Crippen LogP contribution is 2.24. The number of nitrogens with zero attached hydrogens (tertiary/aromatic N) is 2. The largest absolute Gasteiger partial charge is 0.490 e. The summed E-state index contributed by atoms with van der Waals surface area (Å²) in [6.45, 7) is 0.802. The quantitative estimate of drug-likeness (QED) is 0.837. The number of para-hydroxylation sites is 2. The molecule has 0 spiro atoms. The Morgan fingerprint density at radius 3 is 2.74 bits per heavy atom. The van der Waals surface area contributed by atoms with E-state index in [4.69, 9.17) is 10.5 Å². The van der Waals surface area contributed by atoms with Crippen LogP contribution in [0.4, 0.5) is 5.69 Å². The number of amides is 1. The average molecular weight is 258 g/mol. The number of nitrogens with two attached hydrogens (primary N) is 1. The van der Waals surface area contributed by atoms with Crippen molar-refractivity contribution in [3.8, 4) is 5.75 Å². The first-order valence-electron chi connectivity index (χ1n) is 5.79. The van der Waals surface area contributed by atoms with Crippen molar-refractivity contribution in [2.75, 3.05) is 18.5 Å². The van der Waals surface area contributed by atoms with Gasteiger partial charge in [0.1, 0.15) is 18.7 Å². The van der Waals surface area contributed by atoms with Crippen LogP contribution in [0.3, 0.4) is 0 Å². The van der Waals surface area contributed by atoms with Crippen LogP contribution in [-0.4, -0.2) is 29.0 Å². The van der Waals surface area contributed by atoms with Crippen molar-refractivity contribution in [2.45, 2.75) is 0 Å². The standard InChI is InChI=1S/C13H14N4O2/c14-5-6-19-12-4-2-1-3-11(12)17-13(18)10-7-15-9-16-8-10/h1-4,7-9H,5-6,14H2,(H,17,18). The Bertz CT molecular complexity index is 545. The van der Waals surface area contributed by atoms with Gasteiger partial charge in [-0.15, -0.1) is 0 Å². The lowest BCUT2D eigenvalue weighted by atomic mass is 10.2. The number of rotatable bonds is 5. The molecular weight excluding hydrogens is 244 g/mol. The molecule has 3 N–H and O–H groups in total. The zero-order valence-electron chi connectivity index (χ0n) is 10.2. The molecule has 0 aliphatic rings. The van der Waals surface area contributed by atoms with Crippen LogP contribution in [0.25, 0.3) is 0 Å². The Hall–Kier alpha value is -2.47. The van der Waals surface area contributed by atoms with Crippen molar-refractivity contribution in [3.05, 3.63) is 48.5 Å². The summed E-state index contributed by atoms with van der Waals surface area (Å²) in [6.07, 6.45) is 4.27. The Morgan fingerprint density at radius 2 is 2.00 bits per heavy atom. The lowest BCUT2D eigenvalue weighted by molar-refractivity contribution is 0.102. The minimum absolute atomic E-state index is 0.288. The van der Waals surface area contributed by atoms with Crippen molar-refractivity contribution >= 4 is 11.6 Å². The fraction of sp³-hybridized carbons (Fsp3) is 0.154. The van der Waals surface area contributed by atoms with Crippen LogP contribution < -0.4 is 15.8 Å². The second kappa shape index (κ2) is 6.46. The van der Waals surface area contributed by atoms with Crippen molar-refractivity contribution in [1.82, 2.24) is 9.97 Å². The number of benzene rings is 1. The van der Waals surface area contributed by atoms with Gasteiger partial charge in [-0.25, -0.2) is 9.97 Å². The summed E-state index contributed by atoms with van der Waals surface area (Å²) in [7, 11) is 0. The predicted octanol–water partition coefficient (Wildman–Crippen LogP) is 1.07. The smallest absolute Gasteiger partial charge is 0.258 e. The number of carbonyl (C=O) groups excluding carboxylic acids is 1. The molecule has 0 fully saturated rings. The minimum atomic E-state index is -0.288. The molecule has 1 amide bonds. The molecule has 1 aromatic carbocycles. The van der Waals surface area contributed by atoms with Crippen molar-refractivity contribution < 1.29 is 9.53 Å². The van der Waals surface area contributed by atoms with Gasteiger partial charge in [0, 0.05) is 18.9 Å². The molecule has 6 nitrogen and oxygen atoms in total. The topological polar surface area (TPSA) is 90.1 Å². The van der Waals surface area contributed by atoms with Crippen LogP contribution in [0.5, 0.6) is 5.75 Å². The highest BCUT2D eigenvalue weighted by molar-refractivity contribution is 6.04. The third-order valence-corrected chi connectivity index (χ3v) is 2.33. The van der Waals surface area contributed by atoms with E-state index in [1.54, 1.807) is 12.1 Å². The normalized spacial score (nSPS) is 9.95. The summed E-state index contributed by atoms with van der Waals surface area (Å²) >= 11 is 0. The van der Waals surface area contributed by atoms with E-state index in [1.165, 1.54) is 18.7 Å². The zero-order valence-corrected chi connectivity index (χ0v) is 10.2. The van der Waals surface area contributed by atoms with Crippen LogP contribution in [-0.2, 0) is 0 Å². The summed E-state index contributed by atoms with van der Waals surface area (Å²) in [5, 5.41) is 2.75. The molecule has 2 rings (SSSR count). The van der Waals surface area contributed by atoms with Crippen LogP contribution >= 0.6 is 0 Å². The Morgan fingerprint density at radius 1 is 1.26 bits per heavy atom. The summed E-state index contributed by atoms with van der Waals surface area (Å²) in [6, 6.07) is 7.17. The third kappa shape index (κ3) is 3.49. The van der Waals surface area contributed by atoms with E-state index in [9.17, 15) is 4.79 Å². The van der Waals surface area contributed by atoms with Gasteiger partial charge in [-0.1, -0.05) is 12.1 Å². The maximum Gasteiger partial charge on any atom is 0.258 e. The number of hydrogen-bond donors (Lipinski definition) is 2. The SMILES string of the molecule is NCCOc1ccccc1NC(=O)c1cncnc1. The first-order valence-corrected chi connectivity index (χ1v) is 5.79. The van der Waals surface area contributed by atoms with Crippen LogP contribution in [0.15, 0.2) is 43.0 Å². The third-order valence-electron chi connectivity index (χ3n) is 2.33. The minimum Gasteiger partial charge on any atom is -0.490 e. The predicted molar refractivity (Wildman–Crippen MR) is 71.0 cm³/mol. The monoisotopic (exact) mass is 258 g/mol. The lowest BCUT2D eigenvalue weighted by Crippen LogP contribution is -2.15. The Balaban J connectivity index is 2.12. The van der Waals surface area contributed by atoms with Gasteiger partial charge in [0.2, 0.25) is 0 Å². The molecule has 0 saturated carbocycles. The van der Waals surface area contributed by atoms with E-state index in [0.717, 1.165) is 0 Å². The lowest BCUT2D eigenvalue weighted by Gasteiger charge is -2.11. The molecule has 2 aromatic rings. The molecule has 1 heterocycles. The second-order valence-corrected chi connectivity index (χ2v) is 3.71. The van der Waals surface area contributed by atoms with Crippen LogP contribution in [0, 0.1) is 0 Å². The van der Waals surface area contributed by atoms with E-state index in [1.807, 2.05) is 12.1 Å². The van der Waals surface area contributed by atoms with E-state index in [0.29, 0.717) is 30.2 Å². The maximum atomic E-state index is 12.0. The fourth-order valence-electron chi connectivity index (χ4n) is 1.48. The highest BCUT2D eigenvalue weighted by Gasteiger charge is 2.09. The summed E-state index contributed by atoms with van der Waals surface area (Å²) in [5.74, 6) is 0.294. The summed E-state index contributed by atoms with van der Waals surface area (Å²) < 4.78 is 5.45. The molecule has 0 aliphatic carbocycles. The van der Waals surface area contributed by atoms with Gasteiger partial charge < -0.3 is 15.8 Å². The van der Waals surface area contributed by atoms with Gasteiger partial charge >= 0.3 is 0 Å². The molecule has 0 aliphatic heterocycles. The molecule has 0 radical (unpaired) electrons. The summed E-state index contributed by atoms with van der Waals surface area (Å²) in [5.41, 5.74) is 6.36. The van der Waals surface area contributed by atoms with Gasteiger partial charge in [0.15, 0.2) is 0 Å². The van der Waals surface area contributed by atoms with E-state index in [2.05, 4.69) is 15.3 Å². The van der Waals surface area contributed by atoms with Crippen molar-refractivity contribution in [3.63, 3.8) is 0 Å². The van der Waals surface area contributed by atoms with Crippen molar-refractivity contribution in [1.29, 1.82) is 0 Å². The van der Waals surface area contributed by atoms with Gasteiger partial charge in [-0.2, -0.15) is 0 Å². The number of carbonyl (C=O) groups is 1. The Labute approximate surface area is 110 Å². The van der Waals surface area contributed by atoms with Gasteiger partial charge in [0.25, 0.3) is 5.91 Å². The molecule has 1 aromatic heterocycles. The number of nitrogens with one attached hydrogen (secondary N) is 1. The van der Waals surface area contributed by atoms with Gasteiger partial charge in [0.05, 0.1) is 11.3 Å². The molecule has 0 bridgehead atoms. The maximum absolute atomic E-state index is 12.0. The Kier molecular flexibility index (Phi) is 4.41. The number of hydrogen-bond acceptors (Lipinski definition) is 5. The van der Waals surface area contributed by atoms with Gasteiger partial charge in [-0.05, 0) is 12.1 Å². The van der Waals surface area contributed by atoms with Gasteiger partial charge in [-0.3, -0.25) is 4.79 Å². The van der Waals surface area contributed by atoms with E-state index >= 15 is 0 Å². The first-order chi connectivity index (χ1) is 9.31. The number of aromatic nitrogens is 2. The first kappa shape index (κ1) is 13.0. The second-order valence-electron chi connectivity index (χ2n) is 3.71. The van der Waals surface area contributed by atoms with Crippen LogP contribution in [0.1, 0.15) is 10.4 Å². The highest BCUT2D eigenvalue weighted by atomic mass is 16.5. The fourth-order valence-corrected chi connectivity index (χ4v) is 1.48. The molecule has 0 unspecified atom stereocenters. The summed E-state index contributed by atoms with van der Waals surface area (Å²) in [4.78, 5) is 19.6. The molecule has 19 heavy (non-hydrogen) atoms. The van der Waals surface area contributed by atoms with E-state index < -0.39 is 0 Å². The number of anilines is 1. The van der Waals surface area contributed by atoms with Crippen LogP contribution in [0.2, 0.25) is 0 Å². The zero-order chi connectivity index (χ0) is 13.5. The molecule has 0 atom stereocenters. The number of ether oxygens (including phenoxy) is 1.